The second kappa shape index (κ2) is 16.5. The van der Waals surface area contributed by atoms with Crippen LogP contribution in [0.2, 0.25) is 0 Å². The summed E-state index contributed by atoms with van der Waals surface area (Å²) in [6, 6.07) is 0. The van der Waals surface area contributed by atoms with Gasteiger partial charge < -0.3 is 33.5 Å². The van der Waals surface area contributed by atoms with E-state index in [-0.39, 0.29) is 18.0 Å². The van der Waals surface area contributed by atoms with Crippen LogP contribution in [-0.4, -0.2) is 53.9 Å². The molecular formula is C40H62O9. The van der Waals surface area contributed by atoms with E-state index in [1.165, 1.54) is 44.9 Å². The lowest BCUT2D eigenvalue weighted by Crippen LogP contribution is -2.37. The molecule has 1 N–H and O–H groups in total. The van der Waals surface area contributed by atoms with Crippen molar-refractivity contribution in [2.24, 2.45) is 17.8 Å². The SMILES string of the molecule is Cc1c(C)c2c(c(C)c1OC(=O)COC1=C(O)C(=O)OC1C1COC(C)(C)O1)CCC(C)(CCCC(C)CCCC(C)CCCC(C)C)O2. The van der Waals surface area contributed by atoms with Crippen molar-refractivity contribution in [1.82, 2.24) is 0 Å². The number of hydrogen-bond donors (Lipinski definition) is 1. The smallest absolute Gasteiger partial charge is 0.378 e. The third-order valence-corrected chi connectivity index (χ3v) is 10.7. The van der Waals surface area contributed by atoms with Crippen LogP contribution in [0.25, 0.3) is 0 Å². The predicted molar refractivity (Wildman–Crippen MR) is 189 cm³/mol. The molecular weight excluding hydrogens is 624 g/mol. The lowest BCUT2D eigenvalue weighted by atomic mass is 9.83. The highest BCUT2D eigenvalue weighted by Crippen LogP contribution is 2.45. The van der Waals surface area contributed by atoms with Gasteiger partial charge in [0.1, 0.15) is 23.2 Å². The van der Waals surface area contributed by atoms with E-state index >= 15 is 0 Å². The first kappa shape index (κ1) is 39.0. The van der Waals surface area contributed by atoms with Crippen LogP contribution < -0.4 is 9.47 Å². The fraction of sp³-hybridized carbons (Fsp3) is 0.750. The number of fused-ring (bicyclic) bond motifs is 1. The summed E-state index contributed by atoms with van der Waals surface area (Å²) >= 11 is 0. The van der Waals surface area contributed by atoms with Crippen LogP contribution in [0.4, 0.5) is 0 Å². The fourth-order valence-corrected chi connectivity index (χ4v) is 7.41. The predicted octanol–water partition coefficient (Wildman–Crippen LogP) is 8.90. The lowest BCUT2D eigenvalue weighted by molar-refractivity contribution is -0.164. The topological polar surface area (TPSA) is 110 Å². The summed E-state index contributed by atoms with van der Waals surface area (Å²) in [4.78, 5) is 25.2. The second-order valence-electron chi connectivity index (χ2n) is 16.1. The molecule has 3 aliphatic rings. The molecule has 49 heavy (non-hydrogen) atoms. The van der Waals surface area contributed by atoms with E-state index in [2.05, 4.69) is 34.6 Å². The van der Waals surface area contributed by atoms with Crippen molar-refractivity contribution < 1.29 is 43.1 Å². The van der Waals surface area contributed by atoms with Crippen LogP contribution in [0.5, 0.6) is 11.5 Å². The number of esters is 2. The van der Waals surface area contributed by atoms with Gasteiger partial charge in [-0.25, -0.2) is 9.59 Å². The first-order valence-corrected chi connectivity index (χ1v) is 18.6. The highest BCUT2D eigenvalue weighted by molar-refractivity contribution is 5.89. The molecule has 0 bridgehead atoms. The summed E-state index contributed by atoms with van der Waals surface area (Å²) in [5.41, 5.74) is 3.50. The first-order valence-electron chi connectivity index (χ1n) is 18.6. The Labute approximate surface area is 294 Å². The van der Waals surface area contributed by atoms with Crippen molar-refractivity contribution in [2.45, 2.75) is 163 Å². The fourth-order valence-electron chi connectivity index (χ4n) is 7.41. The van der Waals surface area contributed by atoms with Crippen LogP contribution in [0, 0.1) is 38.5 Å². The van der Waals surface area contributed by atoms with Gasteiger partial charge in [-0.15, -0.1) is 0 Å². The van der Waals surface area contributed by atoms with E-state index in [0.29, 0.717) is 5.75 Å². The van der Waals surface area contributed by atoms with Gasteiger partial charge in [0.25, 0.3) is 0 Å². The van der Waals surface area contributed by atoms with Gasteiger partial charge in [0.05, 0.1) is 6.61 Å². The van der Waals surface area contributed by atoms with Crippen molar-refractivity contribution in [3.05, 3.63) is 33.8 Å². The zero-order valence-electron chi connectivity index (χ0n) is 31.8. The summed E-state index contributed by atoms with van der Waals surface area (Å²) in [5.74, 6) is 0.431. The summed E-state index contributed by atoms with van der Waals surface area (Å²) in [5, 5.41) is 10.3. The first-order chi connectivity index (χ1) is 23.0. The number of carbonyl (C=O) groups is 2. The molecule has 4 rings (SSSR count). The Hall–Kier alpha value is -2.78. The van der Waals surface area contributed by atoms with Gasteiger partial charge in [-0.05, 0) is 102 Å². The molecule has 1 aromatic carbocycles. The molecule has 1 fully saturated rings. The Kier molecular flexibility index (Phi) is 13.1. The summed E-state index contributed by atoms with van der Waals surface area (Å²) in [7, 11) is 0. The van der Waals surface area contributed by atoms with Crippen molar-refractivity contribution in [1.29, 1.82) is 0 Å². The molecule has 9 heteroatoms. The van der Waals surface area contributed by atoms with Gasteiger partial charge in [-0.1, -0.05) is 72.6 Å². The van der Waals surface area contributed by atoms with Crippen molar-refractivity contribution in [2.75, 3.05) is 13.2 Å². The van der Waals surface area contributed by atoms with Crippen molar-refractivity contribution >= 4 is 11.9 Å². The zero-order chi connectivity index (χ0) is 36.1. The van der Waals surface area contributed by atoms with E-state index in [4.69, 9.17) is 28.4 Å². The van der Waals surface area contributed by atoms with Crippen molar-refractivity contribution in [3.63, 3.8) is 0 Å². The normalized spacial score (nSPS) is 24.4. The number of aliphatic hydroxyl groups excluding tert-OH is 1. The molecule has 0 aromatic heterocycles. The van der Waals surface area contributed by atoms with Gasteiger partial charge in [0, 0.05) is 5.56 Å². The molecule has 5 unspecified atom stereocenters. The Bertz CT molecular complexity index is 1360. The molecule has 0 radical (unpaired) electrons. The maximum atomic E-state index is 13.0. The molecule has 0 amide bonds. The van der Waals surface area contributed by atoms with Crippen molar-refractivity contribution in [3.8, 4) is 11.5 Å². The second-order valence-corrected chi connectivity index (χ2v) is 16.1. The largest absolute Gasteiger partial charge is 0.499 e. The van der Waals surface area contributed by atoms with E-state index in [1.54, 1.807) is 13.8 Å². The van der Waals surface area contributed by atoms with Crippen LogP contribution in [0.3, 0.4) is 0 Å². The average Bonchev–Trinajstić information content (AvgIpc) is 3.53. The van der Waals surface area contributed by atoms with Gasteiger partial charge in [0.15, 0.2) is 24.3 Å². The highest BCUT2D eigenvalue weighted by Gasteiger charge is 2.47. The Balaban J connectivity index is 1.28. The molecule has 1 aromatic rings. The molecule has 0 aliphatic carbocycles. The van der Waals surface area contributed by atoms with Gasteiger partial charge in [0.2, 0.25) is 5.76 Å². The number of carbonyl (C=O) groups excluding carboxylic acids is 2. The number of ether oxygens (including phenoxy) is 6. The third kappa shape index (κ3) is 10.2. The van der Waals surface area contributed by atoms with Gasteiger partial charge >= 0.3 is 11.9 Å². The Morgan fingerprint density at radius 2 is 1.55 bits per heavy atom. The van der Waals surface area contributed by atoms with E-state index < -0.39 is 42.3 Å². The van der Waals surface area contributed by atoms with Crippen LogP contribution in [-0.2, 0) is 35.0 Å². The molecule has 3 aliphatic heterocycles. The molecule has 0 saturated carbocycles. The lowest BCUT2D eigenvalue weighted by Gasteiger charge is -2.38. The molecule has 9 nitrogen and oxygen atoms in total. The summed E-state index contributed by atoms with van der Waals surface area (Å²) < 4.78 is 34.9. The van der Waals surface area contributed by atoms with E-state index in [9.17, 15) is 14.7 Å². The molecule has 0 spiro atoms. The van der Waals surface area contributed by atoms with Crippen LogP contribution in [0.1, 0.15) is 135 Å². The minimum Gasteiger partial charge on any atom is -0.499 e. The number of benzene rings is 1. The van der Waals surface area contributed by atoms with Crippen LogP contribution >= 0.6 is 0 Å². The number of cyclic esters (lactones) is 1. The average molecular weight is 687 g/mol. The minimum atomic E-state index is -1.02. The van der Waals surface area contributed by atoms with Crippen LogP contribution in [0.15, 0.2) is 11.5 Å². The quantitative estimate of drug-likeness (QED) is 0.127. The Morgan fingerprint density at radius 3 is 2.16 bits per heavy atom. The number of aliphatic hydroxyl groups is 1. The monoisotopic (exact) mass is 686 g/mol. The van der Waals surface area contributed by atoms with Gasteiger partial charge in [-0.3, -0.25) is 0 Å². The molecule has 276 valence electrons. The summed E-state index contributed by atoms with van der Waals surface area (Å²) in [6.45, 7) is 20.7. The molecule has 3 heterocycles. The number of hydrogen-bond acceptors (Lipinski definition) is 9. The maximum Gasteiger partial charge on any atom is 0.378 e. The van der Waals surface area contributed by atoms with E-state index in [1.807, 2.05) is 20.8 Å². The minimum absolute atomic E-state index is 0.140. The van der Waals surface area contributed by atoms with Gasteiger partial charge in [-0.2, -0.15) is 0 Å². The number of rotatable bonds is 17. The molecule has 5 atom stereocenters. The maximum absolute atomic E-state index is 13.0. The standard InChI is InChI=1S/C40H62O9/c1-24(2)14-11-15-25(3)16-12-17-26(4)18-13-20-40(10)21-19-30-29(7)34(27(5)28(6)35(30)49-40)46-32(41)23-44-37-33(42)38(43)47-36(37)31-22-45-39(8,9)48-31/h24-26,31,36,42H,11-23H2,1-10H3. The van der Waals surface area contributed by atoms with E-state index in [0.717, 1.165) is 71.4 Å². The Morgan fingerprint density at radius 1 is 0.918 bits per heavy atom. The zero-order valence-corrected chi connectivity index (χ0v) is 31.8. The summed E-state index contributed by atoms with van der Waals surface area (Å²) in [6.07, 6.45) is 11.4. The third-order valence-electron chi connectivity index (χ3n) is 10.7. The highest BCUT2D eigenvalue weighted by atomic mass is 16.8. The molecule has 1 saturated heterocycles.